The van der Waals surface area contributed by atoms with E-state index in [-0.39, 0.29) is 0 Å². The van der Waals surface area contributed by atoms with Gasteiger partial charge in [-0.3, -0.25) is 0 Å². The van der Waals surface area contributed by atoms with Gasteiger partial charge in [-0.2, -0.15) is 0 Å². The standard InChI is InChI=1S/C11H18BrN3S/c1-11(2)6-4-8(5-7-11)15(3)10-14-13-9(12)16-10/h8H,4-7H2,1-3H3. The molecule has 0 amide bonds. The van der Waals surface area contributed by atoms with Gasteiger partial charge in [0.1, 0.15) is 0 Å². The average molecular weight is 304 g/mol. The Morgan fingerprint density at radius 1 is 1.31 bits per heavy atom. The molecule has 0 aromatic carbocycles. The predicted octanol–water partition coefficient (Wildman–Crippen LogP) is 3.71. The van der Waals surface area contributed by atoms with Crippen molar-refractivity contribution in [1.29, 1.82) is 0 Å². The lowest BCUT2D eigenvalue weighted by atomic mass is 9.75. The molecule has 5 heteroatoms. The summed E-state index contributed by atoms with van der Waals surface area (Å²) in [6, 6.07) is 0.632. The Morgan fingerprint density at radius 2 is 1.94 bits per heavy atom. The Balaban J connectivity index is 1.99. The molecule has 0 atom stereocenters. The highest BCUT2D eigenvalue weighted by molar-refractivity contribution is 9.11. The molecule has 3 nitrogen and oxygen atoms in total. The van der Waals surface area contributed by atoms with Gasteiger partial charge in [-0.05, 0) is 47.0 Å². The fourth-order valence-corrected chi connectivity index (χ4v) is 3.39. The Bertz CT molecular complexity index is 354. The molecule has 0 unspecified atom stereocenters. The molecule has 1 aliphatic rings. The van der Waals surface area contributed by atoms with Crippen LogP contribution in [0, 0.1) is 5.41 Å². The molecule has 1 fully saturated rings. The van der Waals surface area contributed by atoms with Crippen LogP contribution in [0.5, 0.6) is 0 Å². The van der Waals surface area contributed by atoms with Gasteiger partial charge in [0.2, 0.25) is 5.13 Å². The monoisotopic (exact) mass is 303 g/mol. The molecule has 90 valence electrons. The zero-order valence-electron chi connectivity index (χ0n) is 10.0. The van der Waals surface area contributed by atoms with Crippen LogP contribution in [0.4, 0.5) is 5.13 Å². The molecular formula is C11H18BrN3S. The van der Waals surface area contributed by atoms with Gasteiger partial charge >= 0.3 is 0 Å². The molecule has 0 N–H and O–H groups in total. The van der Waals surface area contributed by atoms with Crippen LogP contribution in [-0.2, 0) is 0 Å². The lowest BCUT2D eigenvalue weighted by molar-refractivity contribution is 0.222. The summed E-state index contributed by atoms with van der Waals surface area (Å²) in [6.07, 6.45) is 5.14. The van der Waals surface area contributed by atoms with Crippen molar-refractivity contribution in [3.8, 4) is 0 Å². The van der Waals surface area contributed by atoms with Crippen LogP contribution >= 0.6 is 27.3 Å². The molecule has 0 aliphatic heterocycles. The Morgan fingerprint density at radius 3 is 2.44 bits per heavy atom. The van der Waals surface area contributed by atoms with E-state index in [2.05, 4.69) is 51.9 Å². The lowest BCUT2D eigenvalue weighted by Gasteiger charge is -2.38. The van der Waals surface area contributed by atoms with E-state index in [0.717, 1.165) is 9.05 Å². The third kappa shape index (κ3) is 2.74. The van der Waals surface area contributed by atoms with Crippen molar-refractivity contribution in [1.82, 2.24) is 10.2 Å². The van der Waals surface area contributed by atoms with E-state index in [9.17, 15) is 0 Å². The lowest BCUT2D eigenvalue weighted by Crippen LogP contribution is -2.37. The van der Waals surface area contributed by atoms with Crippen LogP contribution in [0.1, 0.15) is 39.5 Å². The quantitative estimate of drug-likeness (QED) is 0.834. The van der Waals surface area contributed by atoms with E-state index in [0.29, 0.717) is 11.5 Å². The first kappa shape index (κ1) is 12.3. The van der Waals surface area contributed by atoms with Crippen LogP contribution in [0.3, 0.4) is 0 Å². The average Bonchev–Trinajstić information content (AvgIpc) is 2.64. The summed E-state index contributed by atoms with van der Waals surface area (Å²) in [4.78, 5) is 2.29. The molecule has 2 rings (SSSR count). The molecule has 0 radical (unpaired) electrons. The summed E-state index contributed by atoms with van der Waals surface area (Å²) >= 11 is 4.97. The number of hydrogen-bond donors (Lipinski definition) is 0. The smallest absolute Gasteiger partial charge is 0.209 e. The van der Waals surface area contributed by atoms with Crippen LogP contribution in [0.25, 0.3) is 0 Å². The van der Waals surface area contributed by atoms with Crippen molar-refractivity contribution >= 4 is 32.4 Å². The van der Waals surface area contributed by atoms with E-state index >= 15 is 0 Å². The summed E-state index contributed by atoms with van der Waals surface area (Å²) in [5.74, 6) is 0. The van der Waals surface area contributed by atoms with Gasteiger partial charge in [-0.15, -0.1) is 10.2 Å². The van der Waals surface area contributed by atoms with Gasteiger partial charge < -0.3 is 4.90 Å². The summed E-state index contributed by atoms with van der Waals surface area (Å²) in [5.41, 5.74) is 0.527. The molecule has 0 saturated heterocycles. The second kappa shape index (κ2) is 4.61. The van der Waals surface area contributed by atoms with Gasteiger partial charge in [-0.25, -0.2) is 0 Å². The minimum absolute atomic E-state index is 0.527. The molecule has 1 aromatic heterocycles. The summed E-state index contributed by atoms with van der Waals surface area (Å²) in [5, 5.41) is 9.20. The Hall–Kier alpha value is -0.160. The topological polar surface area (TPSA) is 29.0 Å². The van der Waals surface area contributed by atoms with Gasteiger partial charge in [0.15, 0.2) is 3.92 Å². The zero-order valence-corrected chi connectivity index (χ0v) is 12.4. The van der Waals surface area contributed by atoms with Crippen molar-refractivity contribution in [2.75, 3.05) is 11.9 Å². The highest BCUT2D eigenvalue weighted by Crippen LogP contribution is 2.38. The molecule has 1 heterocycles. The summed E-state index contributed by atoms with van der Waals surface area (Å²) in [7, 11) is 2.13. The first-order valence-electron chi connectivity index (χ1n) is 5.70. The van der Waals surface area contributed by atoms with E-state index in [1.54, 1.807) is 11.3 Å². The van der Waals surface area contributed by atoms with E-state index < -0.39 is 0 Å². The Labute approximate surface area is 109 Å². The number of nitrogens with zero attached hydrogens (tertiary/aromatic N) is 3. The van der Waals surface area contributed by atoms with Crippen LogP contribution < -0.4 is 4.90 Å². The maximum Gasteiger partial charge on any atom is 0.209 e. The van der Waals surface area contributed by atoms with E-state index in [4.69, 9.17) is 0 Å². The van der Waals surface area contributed by atoms with Crippen molar-refractivity contribution < 1.29 is 0 Å². The third-order valence-corrected chi connectivity index (χ3v) is 4.99. The molecule has 1 aliphatic carbocycles. The number of hydrogen-bond acceptors (Lipinski definition) is 4. The second-order valence-electron chi connectivity index (χ2n) is 5.34. The fraction of sp³-hybridized carbons (Fsp3) is 0.818. The summed E-state index contributed by atoms with van der Waals surface area (Å²) in [6.45, 7) is 4.73. The van der Waals surface area contributed by atoms with Crippen LogP contribution in [0.15, 0.2) is 3.92 Å². The number of halogens is 1. The highest BCUT2D eigenvalue weighted by atomic mass is 79.9. The van der Waals surface area contributed by atoms with Crippen LogP contribution in [0.2, 0.25) is 0 Å². The first-order chi connectivity index (χ1) is 7.48. The SMILES string of the molecule is CN(c1nnc(Br)s1)C1CCC(C)(C)CC1. The van der Waals surface area contributed by atoms with Crippen molar-refractivity contribution in [3.63, 3.8) is 0 Å². The molecule has 1 saturated carbocycles. The van der Waals surface area contributed by atoms with Gasteiger partial charge in [0, 0.05) is 13.1 Å². The molecule has 1 aromatic rings. The number of rotatable bonds is 2. The van der Waals surface area contributed by atoms with Gasteiger partial charge in [0.25, 0.3) is 0 Å². The maximum absolute atomic E-state index is 4.17. The minimum atomic E-state index is 0.527. The van der Waals surface area contributed by atoms with Crippen molar-refractivity contribution in [2.24, 2.45) is 5.41 Å². The predicted molar refractivity (Wildman–Crippen MR) is 72.0 cm³/mol. The van der Waals surface area contributed by atoms with Crippen molar-refractivity contribution in [2.45, 2.75) is 45.6 Å². The van der Waals surface area contributed by atoms with Gasteiger partial charge in [0.05, 0.1) is 0 Å². The second-order valence-corrected chi connectivity index (χ2v) is 7.58. The fourth-order valence-electron chi connectivity index (χ4n) is 2.27. The molecular weight excluding hydrogens is 286 g/mol. The normalized spacial score (nSPS) is 21.0. The minimum Gasteiger partial charge on any atom is -0.347 e. The third-order valence-electron chi connectivity index (χ3n) is 3.55. The molecule has 16 heavy (non-hydrogen) atoms. The number of anilines is 1. The Kier molecular flexibility index (Phi) is 3.54. The summed E-state index contributed by atoms with van der Waals surface area (Å²) < 4.78 is 0.866. The van der Waals surface area contributed by atoms with Crippen LogP contribution in [-0.4, -0.2) is 23.3 Å². The maximum atomic E-state index is 4.17. The van der Waals surface area contributed by atoms with Crippen molar-refractivity contribution in [3.05, 3.63) is 3.92 Å². The zero-order chi connectivity index (χ0) is 11.8. The largest absolute Gasteiger partial charge is 0.347 e. The first-order valence-corrected chi connectivity index (χ1v) is 7.31. The molecule has 0 spiro atoms. The van der Waals surface area contributed by atoms with E-state index in [1.807, 2.05) is 0 Å². The van der Waals surface area contributed by atoms with E-state index in [1.165, 1.54) is 25.7 Å². The van der Waals surface area contributed by atoms with Gasteiger partial charge in [-0.1, -0.05) is 25.2 Å². The number of aromatic nitrogens is 2. The highest BCUT2D eigenvalue weighted by Gasteiger charge is 2.29. The molecule has 0 bridgehead atoms.